The minimum Gasteiger partial charge on any atom is -0.399 e. The van der Waals surface area contributed by atoms with E-state index in [4.69, 9.17) is 11.0 Å². The zero-order valence-corrected chi connectivity index (χ0v) is 10.9. The Balaban J connectivity index is 1.91. The van der Waals surface area contributed by atoms with E-state index in [1.165, 1.54) is 23.8 Å². The van der Waals surface area contributed by atoms with Gasteiger partial charge in [0.15, 0.2) is 0 Å². The van der Waals surface area contributed by atoms with Gasteiger partial charge in [0.1, 0.15) is 5.82 Å². The summed E-state index contributed by atoms with van der Waals surface area (Å²) in [6, 6.07) is 12.2. The van der Waals surface area contributed by atoms with Crippen LogP contribution in [-0.4, -0.2) is 6.54 Å². The molecule has 0 saturated heterocycles. The van der Waals surface area contributed by atoms with Crippen LogP contribution in [0.15, 0.2) is 36.4 Å². The number of benzene rings is 2. The van der Waals surface area contributed by atoms with Crippen LogP contribution in [0.2, 0.25) is 0 Å². The zero-order chi connectivity index (χ0) is 14.1. The summed E-state index contributed by atoms with van der Waals surface area (Å²) in [5.41, 5.74) is 10.1. The number of hydrogen-bond acceptors (Lipinski definition) is 3. The third kappa shape index (κ3) is 2.19. The van der Waals surface area contributed by atoms with Crippen LogP contribution in [0.3, 0.4) is 0 Å². The number of hydrogen-bond donors (Lipinski definition) is 1. The maximum Gasteiger partial charge on any atom is 0.123 e. The first kappa shape index (κ1) is 12.5. The molecule has 0 radical (unpaired) electrons. The van der Waals surface area contributed by atoms with Crippen LogP contribution >= 0.6 is 0 Å². The van der Waals surface area contributed by atoms with E-state index < -0.39 is 0 Å². The lowest BCUT2D eigenvalue weighted by Gasteiger charge is -2.20. The molecule has 4 heteroatoms. The summed E-state index contributed by atoms with van der Waals surface area (Å²) in [5.74, 6) is -0.310. The van der Waals surface area contributed by atoms with Crippen molar-refractivity contribution < 1.29 is 4.39 Å². The Morgan fingerprint density at radius 2 is 2.10 bits per heavy atom. The molecule has 1 aliphatic heterocycles. The summed E-state index contributed by atoms with van der Waals surface area (Å²) in [4.78, 5) is 2.16. The van der Waals surface area contributed by atoms with E-state index >= 15 is 0 Å². The fraction of sp³-hybridized carbons (Fsp3) is 0.188. The second-order valence-electron chi connectivity index (χ2n) is 4.97. The first-order valence-electron chi connectivity index (χ1n) is 6.49. The summed E-state index contributed by atoms with van der Waals surface area (Å²) in [6.45, 7) is 1.40. The van der Waals surface area contributed by atoms with Gasteiger partial charge in [-0.3, -0.25) is 0 Å². The van der Waals surface area contributed by atoms with Crippen LogP contribution in [0.1, 0.15) is 16.7 Å². The molecule has 0 fully saturated rings. The number of nitrogens with zero attached hydrogens (tertiary/aromatic N) is 2. The first-order valence-corrected chi connectivity index (χ1v) is 6.49. The molecule has 3 nitrogen and oxygen atoms in total. The summed E-state index contributed by atoms with van der Waals surface area (Å²) >= 11 is 0. The Bertz CT molecular complexity index is 703. The maximum atomic E-state index is 13.4. The van der Waals surface area contributed by atoms with Gasteiger partial charge in [-0.2, -0.15) is 5.26 Å². The molecule has 1 heterocycles. The molecule has 0 aromatic heterocycles. The Labute approximate surface area is 117 Å². The Morgan fingerprint density at radius 3 is 2.90 bits per heavy atom. The van der Waals surface area contributed by atoms with Gasteiger partial charge in [0.05, 0.1) is 11.6 Å². The zero-order valence-electron chi connectivity index (χ0n) is 10.9. The summed E-state index contributed by atoms with van der Waals surface area (Å²) < 4.78 is 13.4. The molecule has 2 aromatic rings. The molecule has 2 N–H and O–H groups in total. The molecule has 0 bridgehead atoms. The average molecular weight is 267 g/mol. The number of rotatable bonds is 2. The van der Waals surface area contributed by atoms with Gasteiger partial charge in [-0.1, -0.05) is 0 Å². The summed E-state index contributed by atoms with van der Waals surface area (Å²) in [6.07, 6.45) is 0.928. The van der Waals surface area contributed by atoms with E-state index in [2.05, 4.69) is 11.0 Å². The normalized spacial score (nSPS) is 13.1. The van der Waals surface area contributed by atoms with Crippen LogP contribution in [-0.2, 0) is 13.0 Å². The second-order valence-corrected chi connectivity index (χ2v) is 4.97. The van der Waals surface area contributed by atoms with Crippen LogP contribution in [0.4, 0.5) is 15.8 Å². The standard InChI is InChI=1S/C16H14FN3/c17-14-2-1-12(9-18)13(7-14)10-20-6-5-11-8-15(19)3-4-16(11)20/h1-4,7-8H,5-6,10,19H2. The molecule has 0 aliphatic carbocycles. The highest BCUT2D eigenvalue weighted by Gasteiger charge is 2.20. The number of halogens is 1. The Morgan fingerprint density at radius 1 is 1.25 bits per heavy atom. The fourth-order valence-electron chi connectivity index (χ4n) is 2.66. The van der Waals surface area contributed by atoms with Gasteiger partial charge >= 0.3 is 0 Å². The van der Waals surface area contributed by atoms with Crippen molar-refractivity contribution in [3.8, 4) is 6.07 Å². The van der Waals surface area contributed by atoms with Gasteiger partial charge in [0.2, 0.25) is 0 Å². The molecular weight excluding hydrogens is 253 g/mol. The van der Waals surface area contributed by atoms with E-state index in [1.54, 1.807) is 0 Å². The van der Waals surface area contributed by atoms with Crippen molar-refractivity contribution in [2.24, 2.45) is 0 Å². The molecule has 0 unspecified atom stereocenters. The van der Waals surface area contributed by atoms with Gasteiger partial charge in [0.25, 0.3) is 0 Å². The number of anilines is 2. The predicted octanol–water partition coefficient (Wildman–Crippen LogP) is 2.84. The second kappa shape index (κ2) is 4.86. The number of nitrogens with two attached hydrogens (primary N) is 1. The molecule has 100 valence electrons. The largest absolute Gasteiger partial charge is 0.399 e. The quantitative estimate of drug-likeness (QED) is 0.851. The molecule has 0 spiro atoms. The topological polar surface area (TPSA) is 53.0 Å². The van der Waals surface area contributed by atoms with Gasteiger partial charge in [-0.05, 0) is 53.9 Å². The van der Waals surface area contributed by atoms with Crippen molar-refractivity contribution in [2.45, 2.75) is 13.0 Å². The summed E-state index contributed by atoms with van der Waals surface area (Å²) in [5, 5.41) is 9.11. The molecule has 2 aromatic carbocycles. The molecule has 3 rings (SSSR count). The third-order valence-electron chi connectivity index (χ3n) is 3.64. The van der Waals surface area contributed by atoms with Crippen molar-refractivity contribution in [3.05, 3.63) is 58.9 Å². The molecule has 0 atom stereocenters. The van der Waals surface area contributed by atoms with E-state index in [-0.39, 0.29) is 5.82 Å². The fourth-order valence-corrected chi connectivity index (χ4v) is 2.66. The van der Waals surface area contributed by atoms with Crippen LogP contribution in [0.25, 0.3) is 0 Å². The van der Waals surface area contributed by atoms with Crippen molar-refractivity contribution in [1.29, 1.82) is 5.26 Å². The molecule has 1 aliphatic rings. The van der Waals surface area contributed by atoms with Crippen molar-refractivity contribution >= 4 is 11.4 Å². The lowest BCUT2D eigenvalue weighted by Crippen LogP contribution is -2.20. The van der Waals surface area contributed by atoms with E-state index in [9.17, 15) is 4.39 Å². The van der Waals surface area contributed by atoms with E-state index in [1.807, 2.05) is 18.2 Å². The summed E-state index contributed by atoms with van der Waals surface area (Å²) in [7, 11) is 0. The monoisotopic (exact) mass is 267 g/mol. The highest BCUT2D eigenvalue weighted by Crippen LogP contribution is 2.31. The Kier molecular flexibility index (Phi) is 3.03. The molecule has 20 heavy (non-hydrogen) atoms. The van der Waals surface area contributed by atoms with E-state index in [0.717, 1.165) is 29.9 Å². The maximum absolute atomic E-state index is 13.4. The third-order valence-corrected chi connectivity index (χ3v) is 3.64. The highest BCUT2D eigenvalue weighted by molar-refractivity contribution is 5.63. The SMILES string of the molecule is N#Cc1ccc(F)cc1CN1CCc2cc(N)ccc21. The van der Waals surface area contributed by atoms with Crippen LogP contribution in [0.5, 0.6) is 0 Å². The van der Waals surface area contributed by atoms with Gasteiger partial charge in [0, 0.05) is 24.5 Å². The van der Waals surface area contributed by atoms with Gasteiger partial charge < -0.3 is 10.6 Å². The number of nitriles is 1. The van der Waals surface area contributed by atoms with E-state index in [0.29, 0.717) is 12.1 Å². The van der Waals surface area contributed by atoms with Crippen LogP contribution < -0.4 is 10.6 Å². The average Bonchev–Trinajstić information content (AvgIpc) is 2.81. The van der Waals surface area contributed by atoms with Crippen molar-refractivity contribution in [3.63, 3.8) is 0 Å². The lowest BCUT2D eigenvalue weighted by atomic mass is 10.1. The number of fused-ring (bicyclic) bond motifs is 1. The molecular formula is C16H14FN3. The minimum atomic E-state index is -0.310. The number of nitrogen functional groups attached to an aromatic ring is 1. The molecule has 0 saturated carbocycles. The lowest BCUT2D eigenvalue weighted by molar-refractivity contribution is 0.624. The van der Waals surface area contributed by atoms with Crippen LogP contribution in [0, 0.1) is 17.1 Å². The highest BCUT2D eigenvalue weighted by atomic mass is 19.1. The van der Waals surface area contributed by atoms with Crippen molar-refractivity contribution in [1.82, 2.24) is 0 Å². The smallest absolute Gasteiger partial charge is 0.123 e. The van der Waals surface area contributed by atoms with Gasteiger partial charge in [-0.15, -0.1) is 0 Å². The Hall–Kier alpha value is -2.54. The minimum absolute atomic E-state index is 0.310. The van der Waals surface area contributed by atoms with Gasteiger partial charge in [-0.25, -0.2) is 4.39 Å². The van der Waals surface area contributed by atoms with Crippen molar-refractivity contribution in [2.75, 3.05) is 17.2 Å². The first-order chi connectivity index (χ1) is 9.67. The molecule has 0 amide bonds. The predicted molar refractivity (Wildman–Crippen MR) is 76.7 cm³/mol.